The van der Waals surface area contributed by atoms with E-state index in [-0.39, 0.29) is 11.9 Å². The van der Waals surface area contributed by atoms with Gasteiger partial charge in [-0.3, -0.25) is 9.69 Å². The number of carbonyl (C=O) groups is 1. The smallest absolute Gasteiger partial charge is 0.238 e. The van der Waals surface area contributed by atoms with E-state index in [1.54, 1.807) is 0 Å². The SMILES string of the molecule is CCN(CCNC(=O)C1CNCCN1)C1CC1. The van der Waals surface area contributed by atoms with E-state index >= 15 is 0 Å². The van der Waals surface area contributed by atoms with Crippen LogP contribution in [0, 0.1) is 0 Å². The van der Waals surface area contributed by atoms with Gasteiger partial charge in [-0.1, -0.05) is 6.92 Å². The minimum Gasteiger partial charge on any atom is -0.353 e. The highest BCUT2D eigenvalue weighted by molar-refractivity contribution is 5.82. The molecule has 98 valence electrons. The quantitative estimate of drug-likeness (QED) is 0.566. The van der Waals surface area contributed by atoms with E-state index in [0.717, 1.165) is 45.3 Å². The van der Waals surface area contributed by atoms with Gasteiger partial charge in [-0.2, -0.15) is 0 Å². The molecule has 1 amide bonds. The lowest BCUT2D eigenvalue weighted by atomic mass is 10.2. The van der Waals surface area contributed by atoms with E-state index in [1.807, 2.05) is 0 Å². The minimum absolute atomic E-state index is 0.0558. The van der Waals surface area contributed by atoms with Crippen molar-refractivity contribution in [2.45, 2.75) is 31.8 Å². The molecule has 1 heterocycles. The molecule has 2 rings (SSSR count). The highest BCUT2D eigenvalue weighted by Crippen LogP contribution is 2.25. The number of hydrogen-bond donors (Lipinski definition) is 3. The minimum atomic E-state index is -0.0558. The average molecular weight is 240 g/mol. The first-order valence-corrected chi connectivity index (χ1v) is 6.77. The topological polar surface area (TPSA) is 56.4 Å². The molecule has 1 aliphatic heterocycles. The van der Waals surface area contributed by atoms with Gasteiger partial charge in [-0.05, 0) is 19.4 Å². The predicted octanol–water partition coefficient (Wildman–Crippen LogP) is -0.852. The lowest BCUT2D eigenvalue weighted by Crippen LogP contribution is -2.56. The molecule has 0 radical (unpaired) electrons. The Morgan fingerprint density at radius 2 is 2.24 bits per heavy atom. The third-order valence-electron chi connectivity index (χ3n) is 3.53. The summed E-state index contributed by atoms with van der Waals surface area (Å²) >= 11 is 0. The predicted molar refractivity (Wildman–Crippen MR) is 67.9 cm³/mol. The van der Waals surface area contributed by atoms with Crippen molar-refractivity contribution in [3.8, 4) is 0 Å². The molecule has 0 spiro atoms. The highest BCUT2D eigenvalue weighted by Gasteiger charge is 2.27. The van der Waals surface area contributed by atoms with E-state index in [0.29, 0.717) is 0 Å². The van der Waals surface area contributed by atoms with E-state index < -0.39 is 0 Å². The van der Waals surface area contributed by atoms with Crippen molar-refractivity contribution >= 4 is 5.91 Å². The van der Waals surface area contributed by atoms with E-state index in [9.17, 15) is 4.79 Å². The van der Waals surface area contributed by atoms with Crippen molar-refractivity contribution in [2.24, 2.45) is 0 Å². The first-order valence-electron chi connectivity index (χ1n) is 6.77. The molecule has 0 aromatic carbocycles. The van der Waals surface area contributed by atoms with Gasteiger partial charge in [0.25, 0.3) is 0 Å². The third kappa shape index (κ3) is 3.94. The van der Waals surface area contributed by atoms with Crippen molar-refractivity contribution < 1.29 is 4.79 Å². The summed E-state index contributed by atoms with van der Waals surface area (Å²) in [6.07, 6.45) is 2.66. The summed E-state index contributed by atoms with van der Waals surface area (Å²) in [5.41, 5.74) is 0. The van der Waals surface area contributed by atoms with Gasteiger partial charge in [-0.25, -0.2) is 0 Å². The van der Waals surface area contributed by atoms with Gasteiger partial charge in [0.05, 0.1) is 6.04 Å². The molecule has 1 atom stereocenters. The maximum Gasteiger partial charge on any atom is 0.238 e. The standard InChI is InChI=1S/C12H24N4O/c1-2-16(10-3-4-10)8-7-15-12(17)11-9-13-5-6-14-11/h10-11,13-14H,2-9H2,1H3,(H,15,17). The number of hydrogen-bond acceptors (Lipinski definition) is 4. The first kappa shape index (κ1) is 12.8. The molecule has 2 fully saturated rings. The number of rotatable bonds is 6. The van der Waals surface area contributed by atoms with Crippen molar-refractivity contribution in [1.82, 2.24) is 20.9 Å². The normalized spacial score (nSPS) is 24.9. The molecular weight excluding hydrogens is 216 g/mol. The Bertz CT molecular complexity index is 249. The fraction of sp³-hybridized carbons (Fsp3) is 0.917. The van der Waals surface area contributed by atoms with Gasteiger partial charge < -0.3 is 16.0 Å². The number of piperazine rings is 1. The van der Waals surface area contributed by atoms with Gasteiger partial charge in [0.2, 0.25) is 5.91 Å². The van der Waals surface area contributed by atoms with Crippen LogP contribution in [0.4, 0.5) is 0 Å². The van der Waals surface area contributed by atoms with Crippen LogP contribution in [0.3, 0.4) is 0 Å². The second-order valence-electron chi connectivity index (χ2n) is 4.86. The molecule has 0 bridgehead atoms. The summed E-state index contributed by atoms with van der Waals surface area (Å²) in [6.45, 7) is 7.59. The van der Waals surface area contributed by atoms with Crippen LogP contribution in [0.2, 0.25) is 0 Å². The van der Waals surface area contributed by atoms with E-state index in [4.69, 9.17) is 0 Å². The van der Waals surface area contributed by atoms with Crippen LogP contribution in [0.15, 0.2) is 0 Å². The Morgan fingerprint density at radius 3 is 2.82 bits per heavy atom. The van der Waals surface area contributed by atoms with Crippen LogP contribution in [0.25, 0.3) is 0 Å². The Labute approximate surface area is 103 Å². The first-order chi connectivity index (χ1) is 8.31. The number of likely N-dealkylation sites (N-methyl/N-ethyl adjacent to an activating group) is 1. The summed E-state index contributed by atoms with van der Waals surface area (Å²) in [5, 5.41) is 9.46. The van der Waals surface area contributed by atoms with Crippen molar-refractivity contribution in [3.05, 3.63) is 0 Å². The molecule has 1 saturated heterocycles. The van der Waals surface area contributed by atoms with Crippen LogP contribution in [0.1, 0.15) is 19.8 Å². The Kier molecular flexibility index (Phi) is 4.76. The Balaban J connectivity index is 1.61. The second-order valence-corrected chi connectivity index (χ2v) is 4.86. The van der Waals surface area contributed by atoms with Gasteiger partial charge >= 0.3 is 0 Å². The van der Waals surface area contributed by atoms with Crippen LogP contribution in [0.5, 0.6) is 0 Å². The maximum absolute atomic E-state index is 11.8. The van der Waals surface area contributed by atoms with Crippen molar-refractivity contribution in [3.63, 3.8) is 0 Å². The lowest BCUT2D eigenvalue weighted by Gasteiger charge is -2.25. The van der Waals surface area contributed by atoms with Crippen LogP contribution in [-0.2, 0) is 4.79 Å². The van der Waals surface area contributed by atoms with Crippen LogP contribution < -0.4 is 16.0 Å². The zero-order valence-electron chi connectivity index (χ0n) is 10.7. The summed E-state index contributed by atoms with van der Waals surface area (Å²) in [5.74, 6) is 0.129. The molecule has 0 aromatic heterocycles. The summed E-state index contributed by atoms with van der Waals surface area (Å²) in [4.78, 5) is 14.3. The molecule has 3 N–H and O–H groups in total. The lowest BCUT2D eigenvalue weighted by molar-refractivity contribution is -0.123. The van der Waals surface area contributed by atoms with E-state index in [1.165, 1.54) is 12.8 Å². The molecule has 0 aromatic rings. The summed E-state index contributed by atoms with van der Waals surface area (Å²) in [6, 6.07) is 0.728. The van der Waals surface area contributed by atoms with Crippen LogP contribution in [-0.4, -0.2) is 62.2 Å². The molecular formula is C12H24N4O. The molecule has 2 aliphatic rings. The zero-order valence-corrected chi connectivity index (χ0v) is 10.7. The molecule has 5 nitrogen and oxygen atoms in total. The van der Waals surface area contributed by atoms with Gasteiger partial charge in [0, 0.05) is 38.8 Å². The molecule has 5 heteroatoms. The Hall–Kier alpha value is -0.650. The number of nitrogens with zero attached hydrogens (tertiary/aromatic N) is 1. The molecule has 1 aliphatic carbocycles. The summed E-state index contributed by atoms with van der Waals surface area (Å²) < 4.78 is 0. The van der Waals surface area contributed by atoms with Gasteiger partial charge in [-0.15, -0.1) is 0 Å². The van der Waals surface area contributed by atoms with Crippen molar-refractivity contribution in [1.29, 1.82) is 0 Å². The zero-order chi connectivity index (χ0) is 12.1. The second kappa shape index (κ2) is 6.33. The van der Waals surface area contributed by atoms with Gasteiger partial charge in [0.1, 0.15) is 0 Å². The summed E-state index contributed by atoms with van der Waals surface area (Å²) in [7, 11) is 0. The molecule has 17 heavy (non-hydrogen) atoms. The third-order valence-corrected chi connectivity index (χ3v) is 3.53. The molecule has 1 unspecified atom stereocenters. The highest BCUT2D eigenvalue weighted by atomic mass is 16.2. The number of amides is 1. The maximum atomic E-state index is 11.8. The Morgan fingerprint density at radius 1 is 1.41 bits per heavy atom. The monoisotopic (exact) mass is 240 g/mol. The van der Waals surface area contributed by atoms with Gasteiger partial charge in [0.15, 0.2) is 0 Å². The number of nitrogens with one attached hydrogen (secondary N) is 3. The fourth-order valence-electron chi connectivity index (χ4n) is 2.32. The van der Waals surface area contributed by atoms with Crippen molar-refractivity contribution in [2.75, 3.05) is 39.3 Å². The molecule has 1 saturated carbocycles. The average Bonchev–Trinajstić information content (AvgIpc) is 3.20. The number of carbonyl (C=O) groups excluding carboxylic acids is 1. The largest absolute Gasteiger partial charge is 0.353 e. The van der Waals surface area contributed by atoms with Crippen LogP contribution >= 0.6 is 0 Å². The van der Waals surface area contributed by atoms with E-state index in [2.05, 4.69) is 27.8 Å². The fourth-order valence-corrected chi connectivity index (χ4v) is 2.32.